The molecule has 1 atom stereocenters. The number of hydrogen-bond donors (Lipinski definition) is 1. The van der Waals surface area contributed by atoms with E-state index in [0.717, 1.165) is 19.0 Å². The zero-order valence-electron chi connectivity index (χ0n) is 10.4. The predicted molar refractivity (Wildman–Crippen MR) is 64.4 cm³/mol. The maximum Gasteiger partial charge on any atom is 0.00188 e. The molecule has 2 heteroatoms. The third-order valence-corrected chi connectivity index (χ3v) is 2.60. The van der Waals surface area contributed by atoms with Crippen LogP contribution in [0.2, 0.25) is 0 Å². The molecule has 0 radical (unpaired) electrons. The Labute approximate surface area is 89.9 Å². The Morgan fingerprint density at radius 1 is 1.29 bits per heavy atom. The van der Waals surface area contributed by atoms with E-state index in [-0.39, 0.29) is 0 Å². The van der Waals surface area contributed by atoms with Crippen molar-refractivity contribution in [1.82, 2.24) is 4.90 Å². The quantitative estimate of drug-likeness (QED) is 0.651. The van der Waals surface area contributed by atoms with Gasteiger partial charge < -0.3 is 10.6 Å². The Bertz CT molecular complexity index is 123. The molecule has 0 aliphatic carbocycles. The number of unbranched alkanes of at least 4 members (excludes halogenated alkanes) is 1. The molecule has 0 fully saturated rings. The first-order valence-corrected chi connectivity index (χ1v) is 5.98. The zero-order valence-corrected chi connectivity index (χ0v) is 10.4. The Kier molecular flexibility index (Phi) is 8.20. The van der Waals surface area contributed by atoms with Crippen LogP contribution in [0.4, 0.5) is 0 Å². The minimum Gasteiger partial charge on any atom is -0.330 e. The highest BCUT2D eigenvalue weighted by molar-refractivity contribution is 4.66. The van der Waals surface area contributed by atoms with E-state index in [1.54, 1.807) is 0 Å². The van der Waals surface area contributed by atoms with Crippen molar-refractivity contribution < 1.29 is 0 Å². The molecule has 0 rings (SSSR count). The van der Waals surface area contributed by atoms with E-state index < -0.39 is 0 Å². The van der Waals surface area contributed by atoms with Gasteiger partial charge in [-0.25, -0.2) is 0 Å². The third kappa shape index (κ3) is 7.34. The van der Waals surface area contributed by atoms with E-state index in [0.29, 0.717) is 5.92 Å². The molecule has 14 heavy (non-hydrogen) atoms. The van der Waals surface area contributed by atoms with Crippen LogP contribution in [0, 0.1) is 11.8 Å². The highest BCUT2D eigenvalue weighted by atomic mass is 15.1. The van der Waals surface area contributed by atoms with Gasteiger partial charge in [0, 0.05) is 6.54 Å². The second-order valence-corrected chi connectivity index (χ2v) is 4.85. The topological polar surface area (TPSA) is 29.3 Å². The summed E-state index contributed by atoms with van der Waals surface area (Å²) >= 11 is 0. The number of nitrogens with zero attached hydrogens (tertiary/aromatic N) is 1. The van der Waals surface area contributed by atoms with Crippen molar-refractivity contribution in [3.63, 3.8) is 0 Å². The molecule has 2 nitrogen and oxygen atoms in total. The van der Waals surface area contributed by atoms with Gasteiger partial charge in [0.2, 0.25) is 0 Å². The van der Waals surface area contributed by atoms with E-state index in [1.165, 1.54) is 25.8 Å². The van der Waals surface area contributed by atoms with Gasteiger partial charge in [-0.3, -0.25) is 0 Å². The maximum absolute atomic E-state index is 5.77. The highest BCUT2D eigenvalue weighted by Crippen LogP contribution is 2.11. The van der Waals surface area contributed by atoms with E-state index in [2.05, 4.69) is 32.7 Å². The monoisotopic (exact) mass is 200 g/mol. The van der Waals surface area contributed by atoms with Crippen LogP contribution in [0.1, 0.15) is 40.0 Å². The summed E-state index contributed by atoms with van der Waals surface area (Å²) in [4.78, 5) is 2.42. The van der Waals surface area contributed by atoms with E-state index >= 15 is 0 Å². The van der Waals surface area contributed by atoms with Crippen molar-refractivity contribution in [2.24, 2.45) is 17.6 Å². The first-order valence-electron chi connectivity index (χ1n) is 5.98. The van der Waals surface area contributed by atoms with Crippen molar-refractivity contribution >= 4 is 0 Å². The van der Waals surface area contributed by atoms with Crippen LogP contribution in [0.3, 0.4) is 0 Å². The van der Waals surface area contributed by atoms with Crippen LogP contribution in [-0.2, 0) is 0 Å². The van der Waals surface area contributed by atoms with Gasteiger partial charge in [-0.15, -0.1) is 0 Å². The number of rotatable bonds is 8. The number of nitrogens with two attached hydrogens (primary N) is 1. The second kappa shape index (κ2) is 8.25. The Hall–Kier alpha value is -0.0800. The van der Waals surface area contributed by atoms with Crippen LogP contribution in [0.5, 0.6) is 0 Å². The lowest BCUT2D eigenvalue weighted by Gasteiger charge is -2.24. The molecular weight excluding hydrogens is 172 g/mol. The average molecular weight is 200 g/mol. The van der Waals surface area contributed by atoms with Crippen molar-refractivity contribution in [3.8, 4) is 0 Å². The van der Waals surface area contributed by atoms with Gasteiger partial charge in [0.15, 0.2) is 0 Å². The number of hydrogen-bond acceptors (Lipinski definition) is 2. The summed E-state index contributed by atoms with van der Waals surface area (Å²) in [6.45, 7) is 9.99. The van der Waals surface area contributed by atoms with E-state index in [4.69, 9.17) is 5.73 Å². The lowest BCUT2D eigenvalue weighted by Crippen LogP contribution is -2.31. The molecule has 0 saturated heterocycles. The predicted octanol–water partition coefficient (Wildman–Crippen LogP) is 2.34. The van der Waals surface area contributed by atoms with Gasteiger partial charge in [0.25, 0.3) is 0 Å². The molecule has 0 aliphatic rings. The highest BCUT2D eigenvalue weighted by Gasteiger charge is 2.11. The summed E-state index contributed by atoms with van der Waals surface area (Å²) in [6.07, 6.45) is 3.84. The van der Waals surface area contributed by atoms with Crippen LogP contribution < -0.4 is 5.73 Å². The van der Waals surface area contributed by atoms with E-state index in [9.17, 15) is 0 Å². The van der Waals surface area contributed by atoms with E-state index in [1.807, 2.05) is 0 Å². The lowest BCUT2D eigenvalue weighted by atomic mass is 9.97. The van der Waals surface area contributed by atoms with Gasteiger partial charge in [-0.1, -0.05) is 27.2 Å². The average Bonchev–Trinajstić information content (AvgIpc) is 2.12. The van der Waals surface area contributed by atoms with Crippen LogP contribution in [0.25, 0.3) is 0 Å². The molecule has 2 N–H and O–H groups in total. The SMILES string of the molecule is CCCCN(C)CC(CN)CC(C)C. The van der Waals surface area contributed by atoms with Crippen molar-refractivity contribution in [3.05, 3.63) is 0 Å². The molecule has 0 aromatic carbocycles. The molecule has 0 bridgehead atoms. The summed E-state index contributed by atoms with van der Waals surface area (Å²) in [5.41, 5.74) is 5.77. The smallest absolute Gasteiger partial charge is 0.00188 e. The van der Waals surface area contributed by atoms with Crippen molar-refractivity contribution in [2.75, 3.05) is 26.7 Å². The molecule has 0 amide bonds. The van der Waals surface area contributed by atoms with Crippen LogP contribution in [-0.4, -0.2) is 31.6 Å². The maximum atomic E-state index is 5.77. The lowest BCUT2D eigenvalue weighted by molar-refractivity contribution is 0.253. The first kappa shape index (κ1) is 13.9. The summed E-state index contributed by atoms with van der Waals surface area (Å²) < 4.78 is 0. The third-order valence-electron chi connectivity index (χ3n) is 2.60. The summed E-state index contributed by atoms with van der Waals surface area (Å²) in [7, 11) is 2.21. The molecule has 0 aromatic rings. The van der Waals surface area contributed by atoms with Crippen molar-refractivity contribution in [2.45, 2.75) is 40.0 Å². The largest absolute Gasteiger partial charge is 0.330 e. The molecule has 1 unspecified atom stereocenters. The summed E-state index contributed by atoms with van der Waals surface area (Å²) in [5, 5.41) is 0. The second-order valence-electron chi connectivity index (χ2n) is 4.85. The molecule has 86 valence electrons. The summed E-state index contributed by atoms with van der Waals surface area (Å²) in [6, 6.07) is 0. The normalized spacial score (nSPS) is 13.9. The van der Waals surface area contributed by atoms with Gasteiger partial charge >= 0.3 is 0 Å². The molecule has 0 heterocycles. The zero-order chi connectivity index (χ0) is 11.0. The molecule has 0 saturated carbocycles. The minimum atomic E-state index is 0.678. The fourth-order valence-corrected chi connectivity index (χ4v) is 1.87. The molecular formula is C12H28N2. The fourth-order valence-electron chi connectivity index (χ4n) is 1.87. The van der Waals surface area contributed by atoms with Gasteiger partial charge in [-0.05, 0) is 44.8 Å². The van der Waals surface area contributed by atoms with Crippen molar-refractivity contribution in [1.29, 1.82) is 0 Å². The molecule has 0 spiro atoms. The Balaban J connectivity index is 3.68. The molecule has 0 aromatic heterocycles. The Morgan fingerprint density at radius 2 is 1.93 bits per heavy atom. The first-order chi connectivity index (χ1) is 6.60. The summed E-state index contributed by atoms with van der Waals surface area (Å²) in [5.74, 6) is 1.44. The fraction of sp³-hybridized carbons (Fsp3) is 1.00. The Morgan fingerprint density at radius 3 is 2.36 bits per heavy atom. The van der Waals surface area contributed by atoms with Crippen LogP contribution in [0.15, 0.2) is 0 Å². The minimum absolute atomic E-state index is 0.678. The molecule has 0 aliphatic heterocycles. The van der Waals surface area contributed by atoms with Crippen LogP contribution >= 0.6 is 0 Å². The van der Waals surface area contributed by atoms with Gasteiger partial charge in [-0.2, -0.15) is 0 Å². The van der Waals surface area contributed by atoms with Gasteiger partial charge in [0.1, 0.15) is 0 Å². The standard InChI is InChI=1S/C12H28N2/c1-5-6-7-14(4)10-12(9-13)8-11(2)3/h11-12H,5-10,13H2,1-4H3. The van der Waals surface area contributed by atoms with Gasteiger partial charge in [0.05, 0.1) is 0 Å².